The van der Waals surface area contributed by atoms with E-state index in [2.05, 4.69) is 20.8 Å². The molecule has 0 heterocycles. The predicted octanol–water partition coefficient (Wildman–Crippen LogP) is 2.12. The molecule has 0 aromatic carbocycles. The third kappa shape index (κ3) is 1.84. The number of rotatable bonds is 2. The summed E-state index contributed by atoms with van der Waals surface area (Å²) in [5.41, 5.74) is -0.686. The highest BCUT2D eigenvalue weighted by Crippen LogP contribution is 2.72. The van der Waals surface area contributed by atoms with Gasteiger partial charge >= 0.3 is 5.97 Å². The van der Waals surface area contributed by atoms with Crippen molar-refractivity contribution in [2.75, 3.05) is 6.61 Å². The van der Waals surface area contributed by atoms with Crippen molar-refractivity contribution in [1.29, 1.82) is 0 Å². The Balaban J connectivity index is 1.98. The van der Waals surface area contributed by atoms with Gasteiger partial charge < -0.3 is 14.9 Å². The molecule has 4 nitrogen and oxygen atoms in total. The Kier molecular flexibility index (Phi) is 3.24. The molecule has 0 aromatic heterocycles. The van der Waals surface area contributed by atoms with Crippen LogP contribution in [-0.4, -0.2) is 35.0 Å². The molecular formula is C17H28O4. The van der Waals surface area contributed by atoms with Gasteiger partial charge in [-0.05, 0) is 42.9 Å². The summed E-state index contributed by atoms with van der Waals surface area (Å²) in [5.74, 6) is 0.479. The van der Waals surface area contributed by atoms with E-state index in [1.165, 1.54) is 6.92 Å². The van der Waals surface area contributed by atoms with Gasteiger partial charge in [0.2, 0.25) is 0 Å². The molecule has 3 aliphatic rings. The summed E-state index contributed by atoms with van der Waals surface area (Å²) in [5, 5.41) is 21.7. The molecule has 3 saturated carbocycles. The van der Waals surface area contributed by atoms with Crippen molar-refractivity contribution in [2.24, 2.45) is 28.1 Å². The standard InChI is InChI=1S/C17H28O4/c1-10(18)21-9-17-8-6-12(19)16(17,4)7-5-11-13(14(17)20)15(11,2)3/h11-14,19-20H,5-9H2,1-4H3/t11-,12+,13-,14+,16-,17+/m1/s1. The van der Waals surface area contributed by atoms with Crippen LogP contribution in [0.1, 0.15) is 53.4 Å². The van der Waals surface area contributed by atoms with Gasteiger partial charge in [-0.2, -0.15) is 0 Å². The molecular weight excluding hydrogens is 268 g/mol. The van der Waals surface area contributed by atoms with Crippen LogP contribution in [0.5, 0.6) is 0 Å². The van der Waals surface area contributed by atoms with Crippen LogP contribution in [0.4, 0.5) is 0 Å². The van der Waals surface area contributed by atoms with E-state index in [-0.39, 0.29) is 29.3 Å². The monoisotopic (exact) mass is 296 g/mol. The average Bonchev–Trinajstić information content (AvgIpc) is 2.88. The Bertz CT molecular complexity index is 460. The molecule has 4 heteroatoms. The molecule has 0 unspecified atom stereocenters. The molecule has 0 radical (unpaired) electrons. The molecule has 3 fully saturated rings. The van der Waals surface area contributed by atoms with Crippen LogP contribution in [0, 0.1) is 28.1 Å². The molecule has 0 spiro atoms. The summed E-state index contributed by atoms with van der Waals surface area (Å²) in [6.07, 6.45) is 2.46. The minimum absolute atomic E-state index is 0.164. The third-order valence-electron chi connectivity index (χ3n) is 7.29. The highest BCUT2D eigenvalue weighted by molar-refractivity contribution is 5.66. The largest absolute Gasteiger partial charge is 0.465 e. The van der Waals surface area contributed by atoms with Gasteiger partial charge in [0.15, 0.2) is 0 Å². The fraction of sp³-hybridized carbons (Fsp3) is 0.941. The second-order valence-corrected chi connectivity index (χ2v) is 8.35. The quantitative estimate of drug-likeness (QED) is 0.766. The Morgan fingerprint density at radius 3 is 2.48 bits per heavy atom. The zero-order valence-electron chi connectivity index (χ0n) is 13.6. The smallest absolute Gasteiger partial charge is 0.302 e. The average molecular weight is 296 g/mol. The normalized spacial score (nSPS) is 50.8. The number of aliphatic hydroxyl groups excluding tert-OH is 2. The molecule has 0 saturated heterocycles. The number of aliphatic hydroxyl groups is 2. The summed E-state index contributed by atoms with van der Waals surface area (Å²) in [6, 6.07) is 0. The number of esters is 1. The van der Waals surface area contributed by atoms with Crippen LogP contribution in [-0.2, 0) is 9.53 Å². The van der Waals surface area contributed by atoms with E-state index in [1.54, 1.807) is 0 Å². The van der Waals surface area contributed by atoms with Gasteiger partial charge in [0.1, 0.15) is 0 Å². The fourth-order valence-electron chi connectivity index (χ4n) is 5.55. The van der Waals surface area contributed by atoms with E-state index in [1.807, 2.05) is 0 Å². The minimum Gasteiger partial charge on any atom is -0.465 e. The van der Waals surface area contributed by atoms with Gasteiger partial charge in [-0.15, -0.1) is 0 Å². The van der Waals surface area contributed by atoms with Gasteiger partial charge in [0, 0.05) is 17.8 Å². The Morgan fingerprint density at radius 2 is 1.86 bits per heavy atom. The molecule has 0 amide bonds. The van der Waals surface area contributed by atoms with Crippen molar-refractivity contribution < 1.29 is 19.7 Å². The van der Waals surface area contributed by atoms with Gasteiger partial charge in [-0.25, -0.2) is 0 Å². The number of hydrogen-bond donors (Lipinski definition) is 2. The number of carbonyl (C=O) groups is 1. The molecule has 2 N–H and O–H groups in total. The maximum atomic E-state index is 11.3. The van der Waals surface area contributed by atoms with E-state index in [4.69, 9.17) is 4.74 Å². The van der Waals surface area contributed by atoms with Gasteiger partial charge in [-0.3, -0.25) is 4.79 Å². The fourth-order valence-corrected chi connectivity index (χ4v) is 5.55. The van der Waals surface area contributed by atoms with Crippen molar-refractivity contribution in [3.05, 3.63) is 0 Å². The van der Waals surface area contributed by atoms with Crippen LogP contribution in [0.3, 0.4) is 0 Å². The molecule has 0 aliphatic heterocycles. The summed E-state index contributed by atoms with van der Waals surface area (Å²) in [4.78, 5) is 11.3. The first-order valence-electron chi connectivity index (χ1n) is 8.16. The molecule has 3 aliphatic carbocycles. The maximum absolute atomic E-state index is 11.3. The SMILES string of the molecule is CC(=O)OC[C@]12CC[C@H](O)[C@@]1(C)CC[C@@H]1[C@H]([C@@H]2O)C1(C)C. The molecule has 0 bridgehead atoms. The lowest BCUT2D eigenvalue weighted by atomic mass is 9.60. The van der Waals surface area contributed by atoms with Crippen molar-refractivity contribution >= 4 is 5.97 Å². The third-order valence-corrected chi connectivity index (χ3v) is 7.29. The highest BCUT2D eigenvalue weighted by atomic mass is 16.5. The van der Waals surface area contributed by atoms with Gasteiger partial charge in [-0.1, -0.05) is 20.8 Å². The number of ether oxygens (including phenoxy) is 1. The Labute approximate surface area is 126 Å². The van der Waals surface area contributed by atoms with Crippen molar-refractivity contribution in [1.82, 2.24) is 0 Å². The van der Waals surface area contributed by atoms with Crippen molar-refractivity contribution in [2.45, 2.75) is 65.6 Å². The Morgan fingerprint density at radius 1 is 1.19 bits per heavy atom. The number of fused-ring (bicyclic) bond motifs is 2. The van der Waals surface area contributed by atoms with E-state index >= 15 is 0 Å². The zero-order valence-corrected chi connectivity index (χ0v) is 13.6. The predicted molar refractivity (Wildman–Crippen MR) is 78.4 cm³/mol. The van der Waals surface area contributed by atoms with Crippen molar-refractivity contribution in [3.63, 3.8) is 0 Å². The highest BCUT2D eigenvalue weighted by Gasteiger charge is 2.72. The first-order valence-corrected chi connectivity index (χ1v) is 8.16. The summed E-state index contributed by atoms with van der Waals surface area (Å²) in [6.45, 7) is 8.16. The van der Waals surface area contributed by atoms with E-state index in [0.717, 1.165) is 19.3 Å². The second-order valence-electron chi connectivity index (χ2n) is 8.35. The zero-order chi connectivity index (χ0) is 15.6. The first kappa shape index (κ1) is 15.3. The lowest BCUT2D eigenvalue weighted by Crippen LogP contribution is -2.52. The molecule has 0 aromatic rings. The van der Waals surface area contributed by atoms with E-state index < -0.39 is 17.6 Å². The number of carbonyl (C=O) groups excluding carboxylic acids is 1. The minimum atomic E-state index is -0.499. The lowest BCUT2D eigenvalue weighted by Gasteiger charge is -2.47. The van der Waals surface area contributed by atoms with E-state index in [9.17, 15) is 15.0 Å². The van der Waals surface area contributed by atoms with Crippen molar-refractivity contribution in [3.8, 4) is 0 Å². The van der Waals surface area contributed by atoms with Crippen LogP contribution in [0.2, 0.25) is 0 Å². The topological polar surface area (TPSA) is 66.8 Å². The maximum Gasteiger partial charge on any atom is 0.302 e. The summed E-state index contributed by atoms with van der Waals surface area (Å²) < 4.78 is 5.35. The first-order chi connectivity index (χ1) is 9.67. The molecule has 21 heavy (non-hydrogen) atoms. The second kappa shape index (κ2) is 4.45. The summed E-state index contributed by atoms with van der Waals surface area (Å²) >= 11 is 0. The summed E-state index contributed by atoms with van der Waals surface area (Å²) in [7, 11) is 0. The molecule has 120 valence electrons. The Hall–Kier alpha value is -0.610. The molecule has 3 rings (SSSR count). The molecule has 6 atom stereocenters. The van der Waals surface area contributed by atoms with Crippen LogP contribution < -0.4 is 0 Å². The lowest BCUT2D eigenvalue weighted by molar-refractivity contribution is -0.162. The van der Waals surface area contributed by atoms with Crippen LogP contribution >= 0.6 is 0 Å². The van der Waals surface area contributed by atoms with E-state index in [0.29, 0.717) is 12.3 Å². The number of hydrogen-bond acceptors (Lipinski definition) is 4. The van der Waals surface area contributed by atoms with Gasteiger partial charge in [0.05, 0.1) is 18.8 Å². The van der Waals surface area contributed by atoms with Crippen LogP contribution in [0.25, 0.3) is 0 Å². The van der Waals surface area contributed by atoms with Gasteiger partial charge in [0.25, 0.3) is 0 Å². The van der Waals surface area contributed by atoms with Crippen LogP contribution in [0.15, 0.2) is 0 Å².